The molecule has 74 valence electrons. The van der Waals surface area contributed by atoms with Gasteiger partial charge in [-0.15, -0.1) is 0 Å². The van der Waals surface area contributed by atoms with E-state index in [1.54, 1.807) is 0 Å². The van der Waals surface area contributed by atoms with Gasteiger partial charge in [-0.3, -0.25) is 0 Å². The van der Waals surface area contributed by atoms with E-state index in [2.05, 4.69) is 25.6 Å². The summed E-state index contributed by atoms with van der Waals surface area (Å²) >= 11 is 2.14. The first-order valence-electron chi connectivity index (χ1n) is 5.49. The van der Waals surface area contributed by atoms with Gasteiger partial charge < -0.3 is 0 Å². The Morgan fingerprint density at radius 2 is 1.17 bits per heavy atom. The van der Waals surface area contributed by atoms with Crippen molar-refractivity contribution >= 4 is 11.8 Å². The van der Waals surface area contributed by atoms with Crippen molar-refractivity contribution < 1.29 is 0 Å². The number of thioether (sulfide) groups is 1. The Balaban J connectivity index is 2.73. The second-order valence-electron chi connectivity index (χ2n) is 3.38. The van der Waals surface area contributed by atoms with Crippen molar-refractivity contribution in [2.45, 2.75) is 58.8 Å². The van der Waals surface area contributed by atoms with E-state index in [1.807, 2.05) is 0 Å². The van der Waals surface area contributed by atoms with E-state index in [9.17, 15) is 0 Å². The van der Waals surface area contributed by atoms with E-state index >= 15 is 0 Å². The van der Waals surface area contributed by atoms with Crippen LogP contribution < -0.4 is 0 Å². The summed E-state index contributed by atoms with van der Waals surface area (Å²) in [5, 5.41) is 0. The zero-order valence-electron chi connectivity index (χ0n) is 8.77. The molecule has 12 heavy (non-hydrogen) atoms. The van der Waals surface area contributed by atoms with Gasteiger partial charge in [0, 0.05) is 0 Å². The molecule has 0 radical (unpaired) electrons. The third-order valence-corrected chi connectivity index (χ3v) is 3.19. The van der Waals surface area contributed by atoms with Crippen molar-refractivity contribution in [3.63, 3.8) is 0 Å². The molecule has 0 aliphatic rings. The summed E-state index contributed by atoms with van der Waals surface area (Å²) in [4.78, 5) is 0. The molecule has 0 aromatic carbocycles. The zero-order valence-corrected chi connectivity index (χ0v) is 9.59. The van der Waals surface area contributed by atoms with Gasteiger partial charge in [-0.05, 0) is 24.3 Å². The molecular weight excluding hydrogens is 164 g/mol. The van der Waals surface area contributed by atoms with Crippen LogP contribution in [0.5, 0.6) is 0 Å². The number of hydrogen-bond donors (Lipinski definition) is 0. The minimum atomic E-state index is 1.36. The Morgan fingerprint density at radius 1 is 0.667 bits per heavy atom. The van der Waals surface area contributed by atoms with Gasteiger partial charge in [0.15, 0.2) is 0 Å². The molecule has 0 saturated carbocycles. The summed E-state index contributed by atoms with van der Waals surface area (Å²) in [6, 6.07) is 0. The number of unbranched alkanes of at least 4 members (excludes halogenated alkanes) is 5. The van der Waals surface area contributed by atoms with Crippen LogP contribution in [0.4, 0.5) is 0 Å². The van der Waals surface area contributed by atoms with Crippen LogP contribution in [0.1, 0.15) is 58.8 Å². The molecule has 0 atom stereocenters. The molecule has 1 heteroatoms. The van der Waals surface area contributed by atoms with Crippen LogP contribution >= 0.6 is 11.8 Å². The molecule has 0 amide bonds. The molecular formula is C11H24S. The lowest BCUT2D eigenvalue weighted by molar-refractivity contribution is 0.706. The van der Waals surface area contributed by atoms with Gasteiger partial charge in [0.05, 0.1) is 0 Å². The number of rotatable bonds is 9. The van der Waals surface area contributed by atoms with E-state index < -0.39 is 0 Å². The number of hydrogen-bond acceptors (Lipinski definition) is 1. The van der Waals surface area contributed by atoms with Crippen molar-refractivity contribution in [2.24, 2.45) is 0 Å². The first-order valence-corrected chi connectivity index (χ1v) is 6.65. The normalized spacial score (nSPS) is 10.5. The monoisotopic (exact) mass is 188 g/mol. The maximum atomic E-state index is 2.27. The summed E-state index contributed by atoms with van der Waals surface area (Å²) in [5.41, 5.74) is 0. The van der Waals surface area contributed by atoms with Crippen LogP contribution in [-0.2, 0) is 0 Å². The molecule has 0 saturated heterocycles. The second-order valence-corrected chi connectivity index (χ2v) is 4.60. The first-order chi connectivity index (χ1) is 5.91. The molecule has 0 heterocycles. The molecule has 0 unspecified atom stereocenters. The van der Waals surface area contributed by atoms with Gasteiger partial charge in [0.1, 0.15) is 0 Å². The Hall–Kier alpha value is 0.350. The fraction of sp³-hybridized carbons (Fsp3) is 1.00. The molecule has 0 nitrogen and oxygen atoms in total. The van der Waals surface area contributed by atoms with E-state index in [4.69, 9.17) is 0 Å². The maximum Gasteiger partial charge on any atom is -0.00675 e. The highest BCUT2D eigenvalue weighted by atomic mass is 32.2. The van der Waals surface area contributed by atoms with Crippen LogP contribution in [-0.4, -0.2) is 11.5 Å². The lowest BCUT2D eigenvalue weighted by atomic mass is 10.2. The smallest absolute Gasteiger partial charge is 0.00675 e. The van der Waals surface area contributed by atoms with E-state index in [1.165, 1.54) is 56.5 Å². The fourth-order valence-electron chi connectivity index (χ4n) is 1.19. The average Bonchev–Trinajstić information content (AvgIpc) is 2.10. The van der Waals surface area contributed by atoms with E-state index in [-0.39, 0.29) is 0 Å². The second kappa shape index (κ2) is 11.4. The summed E-state index contributed by atoms with van der Waals surface area (Å²) in [6.45, 7) is 4.54. The zero-order chi connectivity index (χ0) is 9.07. The van der Waals surface area contributed by atoms with Crippen molar-refractivity contribution in [1.29, 1.82) is 0 Å². The molecule has 0 fully saturated rings. The minimum absolute atomic E-state index is 1.36. The Kier molecular flexibility index (Phi) is 11.7. The minimum Gasteiger partial charge on any atom is -0.162 e. The van der Waals surface area contributed by atoms with Crippen LogP contribution in [0, 0.1) is 0 Å². The van der Waals surface area contributed by atoms with Gasteiger partial charge in [-0.2, -0.15) is 11.8 Å². The highest BCUT2D eigenvalue weighted by molar-refractivity contribution is 7.99. The lowest BCUT2D eigenvalue weighted by Gasteiger charge is -2.00. The fourth-order valence-corrected chi connectivity index (χ4v) is 2.21. The molecule has 0 aromatic rings. The van der Waals surface area contributed by atoms with Crippen molar-refractivity contribution in [2.75, 3.05) is 11.5 Å². The van der Waals surface area contributed by atoms with E-state index in [0.717, 1.165) is 0 Å². The van der Waals surface area contributed by atoms with Gasteiger partial charge in [-0.25, -0.2) is 0 Å². The largest absolute Gasteiger partial charge is 0.162 e. The quantitative estimate of drug-likeness (QED) is 0.480. The highest BCUT2D eigenvalue weighted by Gasteiger charge is 1.90. The van der Waals surface area contributed by atoms with Crippen LogP contribution in [0.25, 0.3) is 0 Å². The maximum absolute atomic E-state index is 2.27. The Bertz CT molecular complexity index is 61.4. The van der Waals surface area contributed by atoms with Gasteiger partial charge in [0.2, 0.25) is 0 Å². The third kappa shape index (κ3) is 10.3. The van der Waals surface area contributed by atoms with Crippen molar-refractivity contribution in [3.8, 4) is 0 Å². The van der Waals surface area contributed by atoms with Gasteiger partial charge in [0.25, 0.3) is 0 Å². The first kappa shape index (κ1) is 12.3. The molecule has 0 spiro atoms. The molecule has 0 aromatic heterocycles. The average molecular weight is 188 g/mol. The molecule has 0 aliphatic carbocycles. The lowest BCUT2D eigenvalue weighted by Crippen LogP contribution is -1.84. The predicted molar refractivity (Wildman–Crippen MR) is 61.0 cm³/mol. The SMILES string of the molecule is CCCCCCSCCCCC. The third-order valence-electron chi connectivity index (χ3n) is 2.03. The standard InChI is InChI=1S/C11H24S/c1-3-5-7-9-11-12-10-8-6-4-2/h3-11H2,1-2H3. The molecule has 0 bridgehead atoms. The van der Waals surface area contributed by atoms with Crippen LogP contribution in [0.2, 0.25) is 0 Å². The molecule has 0 rings (SSSR count). The Labute approximate surface area is 82.5 Å². The van der Waals surface area contributed by atoms with Crippen molar-refractivity contribution in [3.05, 3.63) is 0 Å². The highest BCUT2D eigenvalue weighted by Crippen LogP contribution is 2.10. The topological polar surface area (TPSA) is 0 Å². The predicted octanol–water partition coefficient (Wildman–Crippen LogP) is 4.49. The Morgan fingerprint density at radius 3 is 1.75 bits per heavy atom. The van der Waals surface area contributed by atoms with Crippen molar-refractivity contribution in [1.82, 2.24) is 0 Å². The summed E-state index contributed by atoms with van der Waals surface area (Å²) in [5.74, 6) is 2.78. The molecule has 0 N–H and O–H groups in total. The van der Waals surface area contributed by atoms with E-state index in [0.29, 0.717) is 0 Å². The van der Waals surface area contributed by atoms with Gasteiger partial charge >= 0.3 is 0 Å². The molecule has 0 aliphatic heterocycles. The van der Waals surface area contributed by atoms with Gasteiger partial charge in [-0.1, -0.05) is 46.0 Å². The van der Waals surface area contributed by atoms with Crippen LogP contribution in [0.3, 0.4) is 0 Å². The summed E-state index contributed by atoms with van der Waals surface area (Å²) < 4.78 is 0. The summed E-state index contributed by atoms with van der Waals surface area (Å²) in [7, 11) is 0. The van der Waals surface area contributed by atoms with Crippen LogP contribution in [0.15, 0.2) is 0 Å². The summed E-state index contributed by atoms with van der Waals surface area (Å²) in [6.07, 6.45) is 9.87.